The molecule has 2 aromatic rings. The largest absolute Gasteiger partial charge is 0.471 e. The van der Waals surface area contributed by atoms with E-state index in [1.807, 2.05) is 0 Å². The molecular weight excluding hydrogens is 320 g/mol. The third-order valence-electron chi connectivity index (χ3n) is 2.18. The molecule has 0 spiro atoms. The van der Waals surface area contributed by atoms with Crippen LogP contribution in [0.2, 0.25) is 10.0 Å². The molecule has 0 saturated heterocycles. The topological polar surface area (TPSA) is 55.1 Å². The van der Waals surface area contributed by atoms with Crippen molar-refractivity contribution in [2.75, 3.05) is 5.32 Å². The van der Waals surface area contributed by atoms with E-state index in [1.54, 1.807) is 6.07 Å². The molecule has 2 rings (SSSR count). The third-order valence-corrected chi connectivity index (χ3v) is 2.81. The van der Waals surface area contributed by atoms with Crippen molar-refractivity contribution >= 4 is 35.0 Å². The number of oxazole rings is 1. The normalized spacial score (nSPS) is 11.4. The Morgan fingerprint density at radius 3 is 2.40 bits per heavy atom. The molecule has 106 valence electrons. The van der Waals surface area contributed by atoms with E-state index in [0.29, 0.717) is 0 Å². The summed E-state index contributed by atoms with van der Waals surface area (Å²) in [7, 11) is 0. The van der Waals surface area contributed by atoms with E-state index in [0.717, 1.165) is 6.20 Å². The van der Waals surface area contributed by atoms with Gasteiger partial charge in [0.05, 0.1) is 21.8 Å². The summed E-state index contributed by atoms with van der Waals surface area (Å²) in [6, 6.07) is 4.62. The van der Waals surface area contributed by atoms with Gasteiger partial charge in [-0.1, -0.05) is 29.3 Å². The average Bonchev–Trinajstić information content (AvgIpc) is 2.76. The number of aromatic nitrogens is 1. The average molecular weight is 325 g/mol. The van der Waals surface area contributed by atoms with E-state index < -0.39 is 18.0 Å². The number of carbonyl (C=O) groups excluding carboxylic acids is 1. The number of hydrogen-bond donors (Lipinski definition) is 1. The second kappa shape index (κ2) is 5.34. The highest BCUT2D eigenvalue weighted by atomic mass is 35.5. The summed E-state index contributed by atoms with van der Waals surface area (Å²) in [5.41, 5.74) is 0.225. The SMILES string of the molecule is O=C(Nc1cnc(-c2c(Cl)cccc2Cl)o1)C(F)(F)F. The summed E-state index contributed by atoms with van der Waals surface area (Å²) in [6.07, 6.45) is -4.09. The van der Waals surface area contributed by atoms with Crippen LogP contribution < -0.4 is 5.32 Å². The molecule has 1 aromatic carbocycles. The standard InChI is InChI=1S/C11H5Cl2F3N2O2/c12-5-2-1-3-6(13)8(5)9-17-4-7(20-9)18-10(19)11(14,15)16/h1-4H,(H,18,19). The number of hydrogen-bond acceptors (Lipinski definition) is 3. The number of nitrogens with zero attached hydrogens (tertiary/aromatic N) is 1. The predicted molar refractivity (Wildman–Crippen MR) is 66.6 cm³/mol. The van der Waals surface area contributed by atoms with Crippen molar-refractivity contribution in [2.45, 2.75) is 6.18 Å². The van der Waals surface area contributed by atoms with Crippen LogP contribution in [0.4, 0.5) is 19.1 Å². The number of rotatable bonds is 2. The molecule has 1 aromatic heterocycles. The highest BCUT2D eigenvalue weighted by Crippen LogP contribution is 2.35. The number of nitrogens with one attached hydrogen (secondary N) is 1. The summed E-state index contributed by atoms with van der Waals surface area (Å²) in [5, 5.41) is 1.96. The van der Waals surface area contributed by atoms with Crippen LogP contribution >= 0.6 is 23.2 Å². The highest BCUT2D eigenvalue weighted by molar-refractivity contribution is 6.38. The van der Waals surface area contributed by atoms with Crippen LogP contribution in [0.1, 0.15) is 0 Å². The lowest BCUT2D eigenvalue weighted by molar-refractivity contribution is -0.167. The van der Waals surface area contributed by atoms with Crippen LogP contribution in [0.3, 0.4) is 0 Å². The highest BCUT2D eigenvalue weighted by Gasteiger charge is 2.39. The number of carbonyl (C=O) groups is 1. The summed E-state index contributed by atoms with van der Waals surface area (Å²) >= 11 is 11.8. The van der Waals surface area contributed by atoms with E-state index in [4.69, 9.17) is 27.6 Å². The summed E-state index contributed by atoms with van der Waals surface area (Å²) in [5.74, 6) is -2.72. The van der Waals surface area contributed by atoms with Gasteiger partial charge in [0.15, 0.2) is 0 Å². The quantitative estimate of drug-likeness (QED) is 0.902. The Morgan fingerprint density at radius 2 is 1.85 bits per heavy atom. The van der Waals surface area contributed by atoms with Gasteiger partial charge in [-0.3, -0.25) is 10.1 Å². The van der Waals surface area contributed by atoms with Crippen LogP contribution in [0.15, 0.2) is 28.8 Å². The smallest absolute Gasteiger partial charge is 0.420 e. The van der Waals surface area contributed by atoms with Crippen molar-refractivity contribution in [1.29, 1.82) is 0 Å². The van der Waals surface area contributed by atoms with Crippen molar-refractivity contribution in [3.8, 4) is 11.5 Å². The van der Waals surface area contributed by atoms with Gasteiger partial charge < -0.3 is 4.42 Å². The fraction of sp³-hybridized carbons (Fsp3) is 0.0909. The first-order chi connectivity index (χ1) is 9.29. The second-order valence-corrected chi connectivity index (χ2v) is 4.39. The number of anilines is 1. The van der Waals surface area contributed by atoms with Crippen LogP contribution in [-0.4, -0.2) is 17.1 Å². The monoisotopic (exact) mass is 324 g/mol. The zero-order valence-electron chi connectivity index (χ0n) is 9.46. The zero-order chi connectivity index (χ0) is 14.9. The molecule has 9 heteroatoms. The second-order valence-electron chi connectivity index (χ2n) is 3.58. The number of alkyl halides is 3. The molecule has 1 N–H and O–H groups in total. The number of halogens is 5. The lowest BCUT2D eigenvalue weighted by Gasteiger charge is -2.04. The minimum atomic E-state index is -5.02. The Kier molecular flexibility index (Phi) is 3.92. The zero-order valence-corrected chi connectivity index (χ0v) is 11.0. The minimum absolute atomic E-state index is 0.0990. The molecule has 0 aliphatic rings. The van der Waals surface area contributed by atoms with E-state index >= 15 is 0 Å². The molecule has 0 aliphatic heterocycles. The van der Waals surface area contributed by atoms with Gasteiger partial charge in [-0.15, -0.1) is 0 Å². The lowest BCUT2D eigenvalue weighted by Crippen LogP contribution is -2.29. The van der Waals surface area contributed by atoms with E-state index in [1.165, 1.54) is 17.4 Å². The maximum absolute atomic E-state index is 12.1. The first-order valence-corrected chi connectivity index (χ1v) is 5.83. The van der Waals surface area contributed by atoms with Crippen molar-refractivity contribution in [2.24, 2.45) is 0 Å². The van der Waals surface area contributed by atoms with Crippen molar-refractivity contribution in [3.63, 3.8) is 0 Å². The van der Waals surface area contributed by atoms with E-state index in [9.17, 15) is 18.0 Å². The summed E-state index contributed by atoms with van der Waals surface area (Å²) in [6.45, 7) is 0. The Labute approximate surface area is 120 Å². The van der Waals surface area contributed by atoms with Gasteiger partial charge in [0.2, 0.25) is 11.8 Å². The molecule has 0 atom stereocenters. The molecule has 0 fully saturated rings. The van der Waals surface area contributed by atoms with Crippen LogP contribution in [0.25, 0.3) is 11.5 Å². The van der Waals surface area contributed by atoms with Gasteiger partial charge in [0.1, 0.15) is 0 Å². The van der Waals surface area contributed by atoms with Crippen molar-refractivity contribution in [3.05, 3.63) is 34.4 Å². The fourth-order valence-electron chi connectivity index (χ4n) is 1.33. The molecule has 20 heavy (non-hydrogen) atoms. The maximum atomic E-state index is 12.1. The van der Waals surface area contributed by atoms with Crippen LogP contribution in [-0.2, 0) is 4.79 Å². The minimum Gasteiger partial charge on any atom is -0.420 e. The van der Waals surface area contributed by atoms with Gasteiger partial charge in [-0.2, -0.15) is 13.2 Å². The Balaban J connectivity index is 2.28. The van der Waals surface area contributed by atoms with Crippen LogP contribution in [0, 0.1) is 0 Å². The van der Waals surface area contributed by atoms with Crippen molar-refractivity contribution < 1.29 is 22.4 Å². The van der Waals surface area contributed by atoms with Gasteiger partial charge in [-0.25, -0.2) is 4.98 Å². The summed E-state index contributed by atoms with van der Waals surface area (Å²) < 4.78 is 41.2. The third kappa shape index (κ3) is 3.05. The van der Waals surface area contributed by atoms with Gasteiger partial charge >= 0.3 is 12.1 Å². The molecule has 0 radical (unpaired) electrons. The molecule has 4 nitrogen and oxygen atoms in total. The molecule has 0 unspecified atom stereocenters. The Hall–Kier alpha value is -1.73. The van der Waals surface area contributed by atoms with Crippen LogP contribution in [0.5, 0.6) is 0 Å². The Bertz CT molecular complexity index is 635. The summed E-state index contributed by atoms with van der Waals surface area (Å²) in [4.78, 5) is 14.5. The van der Waals surface area contributed by atoms with Gasteiger partial charge in [-0.05, 0) is 12.1 Å². The lowest BCUT2D eigenvalue weighted by atomic mass is 10.2. The molecule has 0 aliphatic carbocycles. The Morgan fingerprint density at radius 1 is 1.25 bits per heavy atom. The molecule has 1 amide bonds. The van der Waals surface area contributed by atoms with E-state index in [-0.39, 0.29) is 21.5 Å². The van der Waals surface area contributed by atoms with Crippen molar-refractivity contribution in [1.82, 2.24) is 4.98 Å². The first-order valence-electron chi connectivity index (χ1n) is 5.07. The number of amides is 1. The molecule has 0 bridgehead atoms. The number of benzene rings is 1. The molecule has 0 saturated carbocycles. The van der Waals surface area contributed by atoms with Gasteiger partial charge in [0, 0.05) is 0 Å². The predicted octanol–water partition coefficient (Wildman–Crippen LogP) is 4.15. The molecule has 1 heterocycles. The molecular formula is C11H5Cl2F3N2O2. The van der Waals surface area contributed by atoms with Gasteiger partial charge in [0.25, 0.3) is 0 Å². The maximum Gasteiger partial charge on any atom is 0.471 e. The fourth-order valence-corrected chi connectivity index (χ4v) is 1.89. The first kappa shape index (κ1) is 14.7. The van der Waals surface area contributed by atoms with E-state index in [2.05, 4.69) is 4.98 Å².